The molecule has 6 heteroatoms. The van der Waals surface area contributed by atoms with E-state index in [2.05, 4.69) is 14.7 Å². The summed E-state index contributed by atoms with van der Waals surface area (Å²) in [5, 5.41) is 3.54. The molecular weight excluding hydrogens is 182 g/mol. The van der Waals surface area contributed by atoms with Crippen molar-refractivity contribution in [2.24, 2.45) is 5.73 Å². The lowest BCUT2D eigenvalue weighted by Gasteiger charge is -2.16. The van der Waals surface area contributed by atoms with E-state index in [1.807, 2.05) is 13.8 Å². The maximum atomic E-state index is 10.5. The fourth-order valence-electron chi connectivity index (χ4n) is 0.619. The van der Waals surface area contributed by atoms with Gasteiger partial charge >= 0.3 is 5.76 Å². The van der Waals surface area contributed by atoms with Crippen molar-refractivity contribution in [3.63, 3.8) is 0 Å². The van der Waals surface area contributed by atoms with Crippen molar-refractivity contribution in [1.82, 2.24) is 10.1 Å². The van der Waals surface area contributed by atoms with Crippen LogP contribution in [0.5, 0.6) is 0 Å². The Morgan fingerprint density at radius 1 is 1.67 bits per heavy atom. The third-order valence-electron chi connectivity index (χ3n) is 1.59. The molecule has 3 N–H and O–H groups in total. The third kappa shape index (κ3) is 2.09. The van der Waals surface area contributed by atoms with E-state index in [0.717, 1.165) is 0 Å². The van der Waals surface area contributed by atoms with Gasteiger partial charge < -0.3 is 5.73 Å². The van der Waals surface area contributed by atoms with Crippen LogP contribution in [0, 0.1) is 0 Å². The number of H-pyrrole nitrogens is 1. The van der Waals surface area contributed by atoms with Gasteiger partial charge in [0, 0.05) is 12.0 Å². The Bertz CT molecular complexity index is 291. The van der Waals surface area contributed by atoms with Crippen LogP contribution in [0.15, 0.2) is 9.32 Å². The summed E-state index contributed by atoms with van der Waals surface area (Å²) in [5.41, 5.74) is 5.12. The van der Waals surface area contributed by atoms with E-state index in [1.54, 1.807) is 0 Å². The van der Waals surface area contributed by atoms with Crippen LogP contribution in [0.1, 0.15) is 19.7 Å². The van der Waals surface area contributed by atoms with Gasteiger partial charge in [0.25, 0.3) is 0 Å². The highest BCUT2D eigenvalue weighted by molar-refractivity contribution is 5.85. The van der Waals surface area contributed by atoms with Gasteiger partial charge in [0.1, 0.15) is 0 Å². The lowest BCUT2D eigenvalue weighted by molar-refractivity contribution is 0.366. The van der Waals surface area contributed by atoms with Crippen LogP contribution >= 0.6 is 12.4 Å². The number of nitrogens with zero attached hydrogens (tertiary/aromatic N) is 1. The molecule has 0 unspecified atom stereocenters. The molecule has 0 aliphatic rings. The van der Waals surface area contributed by atoms with E-state index in [9.17, 15) is 4.79 Å². The van der Waals surface area contributed by atoms with Crippen LogP contribution in [0.2, 0.25) is 0 Å². The molecule has 1 aromatic heterocycles. The molecule has 0 saturated heterocycles. The smallest absolute Gasteiger partial charge is 0.329 e. The minimum atomic E-state index is -0.540. The average Bonchev–Trinajstić information content (AvgIpc) is 2.36. The fraction of sp³-hybridized carbons (Fsp3) is 0.667. The standard InChI is InChI=1S/C6H11N3O2.ClH/c1-6(2,3-7)4-8-5(10)11-9-4;/h3,7H2,1-2H3,(H,8,9,10);1H. The molecule has 1 heterocycles. The first-order valence-corrected chi connectivity index (χ1v) is 3.33. The molecule has 0 aliphatic carbocycles. The average molecular weight is 194 g/mol. The zero-order valence-electron chi connectivity index (χ0n) is 6.96. The molecule has 1 rings (SSSR count). The zero-order chi connectivity index (χ0) is 8.48. The van der Waals surface area contributed by atoms with Gasteiger partial charge in [-0.1, -0.05) is 19.0 Å². The first-order chi connectivity index (χ1) is 5.06. The largest absolute Gasteiger partial charge is 0.438 e. The fourth-order valence-corrected chi connectivity index (χ4v) is 0.619. The molecule has 5 nitrogen and oxygen atoms in total. The van der Waals surface area contributed by atoms with Crippen molar-refractivity contribution in [3.8, 4) is 0 Å². The number of rotatable bonds is 2. The normalized spacial score (nSPS) is 10.9. The highest BCUT2D eigenvalue weighted by atomic mass is 35.5. The van der Waals surface area contributed by atoms with Gasteiger partial charge in [0.2, 0.25) is 0 Å². The molecule has 0 aliphatic heterocycles. The van der Waals surface area contributed by atoms with Crippen LogP contribution in [0.4, 0.5) is 0 Å². The van der Waals surface area contributed by atoms with E-state index in [1.165, 1.54) is 0 Å². The lowest BCUT2D eigenvalue weighted by atomic mass is 9.93. The van der Waals surface area contributed by atoms with Gasteiger partial charge in [-0.15, -0.1) is 12.4 Å². The van der Waals surface area contributed by atoms with Gasteiger partial charge in [-0.05, 0) is 0 Å². The molecule has 0 amide bonds. The Kier molecular flexibility index (Phi) is 3.48. The maximum Gasteiger partial charge on any atom is 0.438 e. The van der Waals surface area contributed by atoms with Crippen LogP contribution < -0.4 is 11.5 Å². The SMILES string of the molecule is CC(C)(CN)c1noc(=O)[nH]1.Cl. The highest BCUT2D eigenvalue weighted by Gasteiger charge is 2.23. The second-order valence-corrected chi connectivity index (χ2v) is 3.03. The number of hydrogen-bond donors (Lipinski definition) is 2. The van der Waals surface area contributed by atoms with Crippen molar-refractivity contribution >= 4 is 12.4 Å². The van der Waals surface area contributed by atoms with Crippen molar-refractivity contribution < 1.29 is 4.52 Å². The number of halogens is 1. The summed E-state index contributed by atoms with van der Waals surface area (Å²) in [6.45, 7) is 4.16. The lowest BCUT2D eigenvalue weighted by Crippen LogP contribution is -2.29. The Hall–Kier alpha value is -0.810. The van der Waals surface area contributed by atoms with E-state index >= 15 is 0 Å². The number of nitrogens with one attached hydrogen (secondary N) is 1. The molecule has 0 bridgehead atoms. The first kappa shape index (κ1) is 11.2. The van der Waals surface area contributed by atoms with Crippen LogP contribution in [0.3, 0.4) is 0 Å². The highest BCUT2D eigenvalue weighted by Crippen LogP contribution is 2.15. The van der Waals surface area contributed by atoms with Crippen molar-refractivity contribution in [1.29, 1.82) is 0 Å². The molecule has 70 valence electrons. The predicted molar refractivity (Wildman–Crippen MR) is 46.5 cm³/mol. The second-order valence-electron chi connectivity index (χ2n) is 3.03. The second kappa shape index (κ2) is 3.73. The molecule has 1 aromatic rings. The van der Waals surface area contributed by atoms with Crippen molar-refractivity contribution in [2.75, 3.05) is 6.54 Å². The zero-order valence-corrected chi connectivity index (χ0v) is 7.77. The monoisotopic (exact) mass is 193 g/mol. The Morgan fingerprint density at radius 2 is 2.25 bits per heavy atom. The van der Waals surface area contributed by atoms with E-state index in [-0.39, 0.29) is 17.8 Å². The molecule has 0 saturated carbocycles. The molecule has 0 radical (unpaired) electrons. The molecule has 0 atom stereocenters. The summed E-state index contributed by atoms with van der Waals surface area (Å²) >= 11 is 0. The first-order valence-electron chi connectivity index (χ1n) is 3.33. The van der Waals surface area contributed by atoms with Gasteiger partial charge in [-0.2, -0.15) is 0 Å². The van der Waals surface area contributed by atoms with Crippen LogP contribution in [-0.2, 0) is 5.41 Å². The number of aromatic nitrogens is 2. The quantitative estimate of drug-likeness (QED) is 0.694. The summed E-state index contributed by atoms with van der Waals surface area (Å²) < 4.78 is 4.34. The van der Waals surface area contributed by atoms with Gasteiger partial charge in [-0.3, -0.25) is 9.51 Å². The Balaban J connectivity index is 0.00000121. The van der Waals surface area contributed by atoms with Gasteiger partial charge in [0.15, 0.2) is 5.82 Å². The molecule has 0 fully saturated rings. The minimum Gasteiger partial charge on any atom is -0.329 e. The molecule has 0 spiro atoms. The van der Waals surface area contributed by atoms with E-state index in [4.69, 9.17) is 5.73 Å². The molecule has 12 heavy (non-hydrogen) atoms. The predicted octanol–water partition coefficient (Wildman–Crippen LogP) is 0.0210. The third-order valence-corrected chi connectivity index (χ3v) is 1.59. The van der Waals surface area contributed by atoms with E-state index in [0.29, 0.717) is 12.4 Å². The summed E-state index contributed by atoms with van der Waals surface area (Å²) in [5.74, 6) is -0.0495. The molecular formula is C6H12ClN3O2. The minimum absolute atomic E-state index is 0. The Labute approximate surface area is 75.7 Å². The number of aromatic amines is 1. The number of nitrogens with two attached hydrogens (primary N) is 1. The number of hydrogen-bond acceptors (Lipinski definition) is 4. The maximum absolute atomic E-state index is 10.5. The van der Waals surface area contributed by atoms with Crippen LogP contribution in [0.25, 0.3) is 0 Å². The van der Waals surface area contributed by atoms with Crippen LogP contribution in [-0.4, -0.2) is 16.7 Å². The van der Waals surface area contributed by atoms with Gasteiger partial charge in [0.05, 0.1) is 0 Å². The van der Waals surface area contributed by atoms with Crippen molar-refractivity contribution in [3.05, 3.63) is 16.4 Å². The topological polar surface area (TPSA) is 84.9 Å². The summed E-state index contributed by atoms with van der Waals surface area (Å²) in [4.78, 5) is 13.0. The van der Waals surface area contributed by atoms with Crippen molar-refractivity contribution in [2.45, 2.75) is 19.3 Å². The summed E-state index contributed by atoms with van der Waals surface area (Å²) in [6, 6.07) is 0. The molecule has 0 aromatic carbocycles. The Morgan fingerprint density at radius 3 is 2.58 bits per heavy atom. The summed E-state index contributed by atoms with van der Waals surface area (Å²) in [6.07, 6.45) is 0. The van der Waals surface area contributed by atoms with E-state index < -0.39 is 5.76 Å². The van der Waals surface area contributed by atoms with Gasteiger partial charge in [-0.25, -0.2) is 4.79 Å². The summed E-state index contributed by atoms with van der Waals surface area (Å²) in [7, 11) is 0.